The molecule has 18 heteroatoms. The predicted octanol–water partition coefficient (Wildman–Crippen LogP) is 3.39. The van der Waals surface area contributed by atoms with Gasteiger partial charge in [0.1, 0.15) is 54.6 Å². The van der Waals surface area contributed by atoms with Crippen LogP contribution in [0.2, 0.25) is 0 Å². The molecule has 356 valence electrons. The Balaban J connectivity index is 1.77. The fourth-order valence-corrected chi connectivity index (χ4v) is 7.32. The first-order chi connectivity index (χ1) is 31.6. The van der Waals surface area contributed by atoms with E-state index in [1.807, 2.05) is 13.0 Å². The van der Waals surface area contributed by atoms with Gasteiger partial charge in [0, 0.05) is 37.7 Å². The molecule has 4 atom stereocenters. The maximum Gasteiger partial charge on any atom is 0.326 e. The molecule has 0 aliphatic carbocycles. The average Bonchev–Trinajstić information content (AvgIpc) is 3.28. The van der Waals surface area contributed by atoms with E-state index in [1.54, 1.807) is 62.4 Å². The van der Waals surface area contributed by atoms with E-state index in [4.69, 9.17) is 31.4 Å². The summed E-state index contributed by atoms with van der Waals surface area (Å²) >= 11 is 0. The Kier molecular flexibility index (Phi) is 19.8. The van der Waals surface area contributed by atoms with E-state index in [0.717, 1.165) is 19.3 Å². The van der Waals surface area contributed by atoms with Crippen molar-refractivity contribution in [3.05, 3.63) is 101 Å². The number of carbonyl (C=O) groups excluding carboxylic acids is 4. The van der Waals surface area contributed by atoms with Gasteiger partial charge in [-0.3, -0.25) is 19.2 Å². The third-order valence-electron chi connectivity index (χ3n) is 10.8. The third-order valence-corrected chi connectivity index (χ3v) is 10.8. The first kappa shape index (κ1) is 52.0. The number of nitrogens with zero attached hydrogens (tertiary/aromatic N) is 3. The van der Waals surface area contributed by atoms with Crippen LogP contribution in [-0.4, -0.2) is 114 Å². The summed E-state index contributed by atoms with van der Waals surface area (Å²) in [5, 5.41) is 18.1. The van der Waals surface area contributed by atoms with Crippen molar-refractivity contribution in [3.63, 3.8) is 0 Å². The summed E-state index contributed by atoms with van der Waals surface area (Å²) < 4.78 is 17.9. The number of likely N-dealkylation sites (N-methyl/N-ethyl adjacent to an activating group) is 1. The SMILES string of the molecule is C=C/C(=C\C=C(/C)c1nc(C)c(C(=O)N[C@@H](CCN)C(=O)N(C)[C@@H]2C(=O)N[C@@H](C)C(=O)N[C@H](C(=O)O)Cc3ccc(OCCN)c(c3)-c3cc2ccc3OCCN)c(C)n1)OCCCCC. The number of unbranched alkanes of at least 4 members (excludes halogenated alkanes) is 2. The zero-order valence-corrected chi connectivity index (χ0v) is 38.8. The third kappa shape index (κ3) is 13.7. The lowest BCUT2D eigenvalue weighted by Gasteiger charge is -2.32. The average molecular weight is 912 g/mol. The lowest BCUT2D eigenvalue weighted by Crippen LogP contribution is -2.55. The molecule has 0 fully saturated rings. The highest BCUT2D eigenvalue weighted by molar-refractivity contribution is 6.00. The number of carboxylic acid groups (broad SMARTS) is 1. The van der Waals surface area contributed by atoms with Crippen molar-refractivity contribution in [2.45, 2.75) is 90.9 Å². The number of aliphatic carboxylic acids is 1. The standard InChI is InChI=1S/C48H65N9O9/c1-8-10-11-22-64-34(9-2)15-12-28(3)43-52-29(4)41(30(5)53-43)45(59)55-37(18-19-49)47(61)57(7)42-33-14-17-40(66-24-21-51)36(27-33)35-25-32(13-16-39(35)65-23-20-50)26-38(48(62)63)56-44(58)31(6)54-46(42)60/h9,12-17,25,27,31,37-38,42H,2,8,10-11,18-24,26,49-51H2,1,3-7H3,(H,54,60)(H,55,59)(H,56,58)(H,62,63)/b28-12+,34-15+/t31-,37-,38-,42-/m0/s1. The van der Waals surface area contributed by atoms with Crippen molar-refractivity contribution >= 4 is 35.2 Å². The number of nitrogens with two attached hydrogens (primary N) is 3. The number of fused-ring (bicyclic) bond motifs is 5. The van der Waals surface area contributed by atoms with Gasteiger partial charge in [0.15, 0.2) is 5.82 Å². The van der Waals surface area contributed by atoms with E-state index in [0.29, 0.717) is 68.9 Å². The Morgan fingerprint density at radius 3 is 2.15 bits per heavy atom. The number of benzene rings is 2. The maximum atomic E-state index is 14.7. The van der Waals surface area contributed by atoms with Crippen LogP contribution in [0.25, 0.3) is 16.7 Å². The van der Waals surface area contributed by atoms with Crippen LogP contribution in [0.5, 0.6) is 11.5 Å². The Morgan fingerprint density at radius 2 is 1.56 bits per heavy atom. The van der Waals surface area contributed by atoms with Gasteiger partial charge in [-0.15, -0.1) is 0 Å². The first-order valence-corrected chi connectivity index (χ1v) is 22.1. The van der Waals surface area contributed by atoms with Crippen molar-refractivity contribution in [1.82, 2.24) is 30.8 Å². The minimum atomic E-state index is -1.42. The lowest BCUT2D eigenvalue weighted by atomic mass is 9.93. The van der Waals surface area contributed by atoms with Gasteiger partial charge >= 0.3 is 5.97 Å². The van der Waals surface area contributed by atoms with Crippen LogP contribution in [0.4, 0.5) is 0 Å². The second-order valence-electron chi connectivity index (χ2n) is 15.9. The van der Waals surface area contributed by atoms with Crippen LogP contribution < -0.4 is 42.6 Å². The Labute approximate surface area is 386 Å². The van der Waals surface area contributed by atoms with Gasteiger partial charge < -0.3 is 57.4 Å². The van der Waals surface area contributed by atoms with E-state index in [2.05, 4.69) is 39.4 Å². The highest BCUT2D eigenvalue weighted by atomic mass is 16.5. The second-order valence-corrected chi connectivity index (χ2v) is 15.9. The van der Waals surface area contributed by atoms with Crippen LogP contribution in [0.15, 0.2) is 67.0 Å². The molecule has 10 N–H and O–H groups in total. The van der Waals surface area contributed by atoms with Crippen molar-refractivity contribution in [2.24, 2.45) is 17.2 Å². The summed E-state index contributed by atoms with van der Waals surface area (Å²) in [6.45, 7) is 13.7. The Bertz CT molecular complexity index is 2270. The minimum absolute atomic E-state index is 0.0114. The smallest absolute Gasteiger partial charge is 0.326 e. The molecule has 18 nitrogen and oxygen atoms in total. The molecule has 4 bridgehead atoms. The van der Waals surface area contributed by atoms with Gasteiger partial charge in [0.05, 0.1) is 23.6 Å². The Morgan fingerprint density at radius 1 is 0.924 bits per heavy atom. The number of hydrogen-bond donors (Lipinski definition) is 7. The number of aryl methyl sites for hydroxylation is 2. The molecule has 4 rings (SSSR count). The zero-order valence-electron chi connectivity index (χ0n) is 38.8. The predicted molar refractivity (Wildman–Crippen MR) is 251 cm³/mol. The fraction of sp³-hybridized carbons (Fsp3) is 0.438. The van der Waals surface area contributed by atoms with Gasteiger partial charge in [-0.25, -0.2) is 14.8 Å². The van der Waals surface area contributed by atoms with Crippen LogP contribution in [0.1, 0.15) is 91.2 Å². The minimum Gasteiger partial charge on any atom is -0.494 e. The van der Waals surface area contributed by atoms with Crippen molar-refractivity contribution in [1.29, 1.82) is 0 Å². The van der Waals surface area contributed by atoms with E-state index in [9.17, 15) is 29.1 Å². The summed E-state index contributed by atoms with van der Waals surface area (Å²) in [5.74, 6) is -2.40. The zero-order chi connectivity index (χ0) is 48.5. The molecule has 1 aliphatic heterocycles. The van der Waals surface area contributed by atoms with Gasteiger partial charge in [-0.05, 0) is 100 Å². The van der Waals surface area contributed by atoms with Gasteiger partial charge in [0.25, 0.3) is 5.91 Å². The van der Waals surface area contributed by atoms with Gasteiger partial charge in [-0.2, -0.15) is 0 Å². The molecule has 0 spiro atoms. The first-order valence-electron chi connectivity index (χ1n) is 22.1. The van der Waals surface area contributed by atoms with Crippen LogP contribution in [0, 0.1) is 13.8 Å². The van der Waals surface area contributed by atoms with Crippen LogP contribution in [-0.2, 0) is 30.3 Å². The summed E-state index contributed by atoms with van der Waals surface area (Å²) in [6.07, 6.45) is 8.18. The van der Waals surface area contributed by atoms with Crippen LogP contribution in [0.3, 0.4) is 0 Å². The van der Waals surface area contributed by atoms with Crippen molar-refractivity contribution in [2.75, 3.05) is 46.5 Å². The number of carboxylic acids is 1. The molecular formula is C48H65N9O9. The molecule has 0 unspecified atom stereocenters. The van der Waals surface area contributed by atoms with E-state index < -0.39 is 53.8 Å². The summed E-state index contributed by atoms with van der Waals surface area (Å²) in [4.78, 5) is 79.5. The number of nitrogens with one attached hydrogen (secondary N) is 3. The van der Waals surface area contributed by atoms with Crippen LogP contribution >= 0.6 is 0 Å². The number of ether oxygens (including phenoxy) is 3. The van der Waals surface area contributed by atoms with Gasteiger partial charge in [0.2, 0.25) is 17.7 Å². The Hall–Kier alpha value is -6.63. The van der Waals surface area contributed by atoms with E-state index in [1.165, 1.54) is 18.9 Å². The molecular weight excluding hydrogens is 847 g/mol. The molecule has 0 saturated heterocycles. The second kappa shape index (κ2) is 25.2. The molecule has 1 aliphatic rings. The van der Waals surface area contributed by atoms with E-state index >= 15 is 0 Å². The molecule has 0 saturated carbocycles. The monoisotopic (exact) mass is 911 g/mol. The molecule has 2 aromatic carbocycles. The summed E-state index contributed by atoms with van der Waals surface area (Å²) in [5.41, 5.74) is 21.0. The van der Waals surface area contributed by atoms with E-state index in [-0.39, 0.29) is 51.3 Å². The molecule has 4 amide bonds. The van der Waals surface area contributed by atoms with Crippen molar-refractivity contribution < 1.29 is 43.3 Å². The molecule has 2 heterocycles. The molecule has 66 heavy (non-hydrogen) atoms. The normalized spacial score (nSPS) is 17.1. The number of rotatable bonds is 21. The highest BCUT2D eigenvalue weighted by Gasteiger charge is 2.36. The number of amides is 4. The quantitative estimate of drug-likeness (QED) is 0.0459. The molecule has 0 radical (unpaired) electrons. The highest BCUT2D eigenvalue weighted by Crippen LogP contribution is 2.40. The topological polar surface area (TPSA) is 276 Å². The lowest BCUT2D eigenvalue weighted by molar-refractivity contribution is -0.143. The maximum absolute atomic E-state index is 14.7. The number of allylic oxidation sites excluding steroid dienone is 4. The number of aromatic nitrogens is 2. The number of hydrogen-bond acceptors (Lipinski definition) is 13. The fourth-order valence-electron chi connectivity index (χ4n) is 7.32. The number of carbonyl (C=O) groups is 5. The summed E-state index contributed by atoms with van der Waals surface area (Å²) in [7, 11) is 1.40. The largest absolute Gasteiger partial charge is 0.494 e. The molecule has 3 aromatic rings. The summed E-state index contributed by atoms with van der Waals surface area (Å²) in [6, 6.07) is 4.71. The molecule has 1 aromatic heterocycles. The van der Waals surface area contributed by atoms with Gasteiger partial charge in [-0.1, -0.05) is 44.6 Å². The van der Waals surface area contributed by atoms with Crippen molar-refractivity contribution in [3.8, 4) is 22.6 Å².